The number of pyridine rings is 1. The van der Waals surface area contributed by atoms with Gasteiger partial charge in [0, 0.05) is 12.7 Å². The number of halogens is 3. The molecule has 0 saturated carbocycles. The fraction of sp³-hybridized carbons (Fsp3) is 0.188. The van der Waals surface area contributed by atoms with E-state index in [-0.39, 0.29) is 11.5 Å². The fourth-order valence-electron chi connectivity index (χ4n) is 2.23. The van der Waals surface area contributed by atoms with Crippen LogP contribution >= 0.6 is 0 Å². The highest BCUT2D eigenvalue weighted by molar-refractivity contribution is 6.01. The normalized spacial score (nSPS) is 11.4. The number of aryl methyl sites for hydroxylation is 2. The van der Waals surface area contributed by atoms with Gasteiger partial charge in [-0.25, -0.2) is 19.9 Å². The van der Waals surface area contributed by atoms with Crippen molar-refractivity contribution in [3.8, 4) is 11.4 Å². The van der Waals surface area contributed by atoms with Gasteiger partial charge >= 0.3 is 6.18 Å². The lowest BCUT2D eigenvalue weighted by atomic mass is 10.2. The number of carbonyl (C=O) groups excluding carboxylic acids is 1. The smallest absolute Gasteiger partial charge is 0.332 e. The summed E-state index contributed by atoms with van der Waals surface area (Å²) in [6.07, 6.45) is -0.414. The van der Waals surface area contributed by atoms with Crippen LogP contribution in [0.25, 0.3) is 11.4 Å². The van der Waals surface area contributed by atoms with E-state index >= 15 is 0 Å². The minimum atomic E-state index is -4.54. The second-order valence-electron chi connectivity index (χ2n) is 5.49. The maximum absolute atomic E-state index is 12.5. The molecular weight excluding hydrogens is 349 g/mol. The number of aromatic nitrogens is 5. The van der Waals surface area contributed by atoms with Gasteiger partial charge in [-0.15, -0.1) is 0 Å². The molecule has 0 saturated heterocycles. The molecule has 0 aliphatic heterocycles. The van der Waals surface area contributed by atoms with Gasteiger partial charge in [-0.2, -0.15) is 13.2 Å². The molecule has 7 nitrogen and oxygen atoms in total. The standard InChI is InChI=1S/C16H13F3N6O/c1-9-5-11(12-7-20-8-25(12)2)24-14(22-9)15(26)23-10-3-4-13(21-6-10)16(17,18)19/h3-8H,1-2H3,(H,23,26). The third-order valence-corrected chi connectivity index (χ3v) is 3.45. The summed E-state index contributed by atoms with van der Waals surface area (Å²) in [7, 11) is 1.79. The molecule has 0 spiro atoms. The molecule has 26 heavy (non-hydrogen) atoms. The zero-order chi connectivity index (χ0) is 18.9. The number of hydrogen-bond donors (Lipinski definition) is 1. The predicted octanol–water partition coefficient (Wildman–Crippen LogP) is 2.85. The van der Waals surface area contributed by atoms with Gasteiger partial charge in [0.15, 0.2) is 0 Å². The Kier molecular flexibility index (Phi) is 4.41. The lowest BCUT2D eigenvalue weighted by Crippen LogP contribution is -2.17. The van der Waals surface area contributed by atoms with E-state index in [9.17, 15) is 18.0 Å². The number of amides is 1. The monoisotopic (exact) mass is 362 g/mol. The number of alkyl halides is 3. The molecule has 1 amide bonds. The van der Waals surface area contributed by atoms with Gasteiger partial charge in [-0.3, -0.25) is 4.79 Å². The molecule has 0 fully saturated rings. The van der Waals surface area contributed by atoms with Crippen molar-refractivity contribution in [1.82, 2.24) is 24.5 Å². The summed E-state index contributed by atoms with van der Waals surface area (Å²) >= 11 is 0. The van der Waals surface area contributed by atoms with Crippen molar-refractivity contribution < 1.29 is 18.0 Å². The van der Waals surface area contributed by atoms with Crippen molar-refractivity contribution >= 4 is 11.6 Å². The second kappa shape index (κ2) is 6.54. The first kappa shape index (κ1) is 17.5. The van der Waals surface area contributed by atoms with E-state index in [4.69, 9.17) is 0 Å². The number of nitrogens with zero attached hydrogens (tertiary/aromatic N) is 5. The Balaban J connectivity index is 1.84. The molecule has 1 N–H and O–H groups in total. The summed E-state index contributed by atoms with van der Waals surface area (Å²) in [5, 5.41) is 2.44. The molecule has 0 bridgehead atoms. The zero-order valence-corrected chi connectivity index (χ0v) is 13.7. The molecule has 3 rings (SSSR count). The summed E-state index contributed by atoms with van der Waals surface area (Å²) < 4.78 is 39.3. The number of hydrogen-bond acceptors (Lipinski definition) is 5. The van der Waals surface area contributed by atoms with Crippen LogP contribution < -0.4 is 5.32 Å². The first-order valence-corrected chi connectivity index (χ1v) is 7.41. The lowest BCUT2D eigenvalue weighted by Gasteiger charge is -2.09. The van der Waals surface area contributed by atoms with Crippen molar-refractivity contribution in [3.05, 3.63) is 54.1 Å². The van der Waals surface area contributed by atoms with Gasteiger partial charge in [0.1, 0.15) is 5.69 Å². The largest absolute Gasteiger partial charge is 0.433 e. The second-order valence-corrected chi connectivity index (χ2v) is 5.49. The molecule has 134 valence electrons. The molecule has 0 atom stereocenters. The molecule has 0 aliphatic carbocycles. The molecule has 0 unspecified atom stereocenters. The molecule has 3 aromatic heterocycles. The van der Waals surface area contributed by atoms with Crippen LogP contribution in [0.15, 0.2) is 36.9 Å². The third kappa shape index (κ3) is 3.68. The molecule has 10 heteroatoms. The van der Waals surface area contributed by atoms with Crippen molar-refractivity contribution in [2.45, 2.75) is 13.1 Å². The predicted molar refractivity (Wildman–Crippen MR) is 86.2 cm³/mol. The van der Waals surface area contributed by atoms with Crippen LogP contribution in [0.3, 0.4) is 0 Å². The van der Waals surface area contributed by atoms with E-state index in [1.165, 1.54) is 0 Å². The van der Waals surface area contributed by atoms with Crippen molar-refractivity contribution in [1.29, 1.82) is 0 Å². The van der Waals surface area contributed by atoms with E-state index in [1.54, 1.807) is 37.1 Å². The number of imidazole rings is 1. The van der Waals surface area contributed by atoms with Crippen LogP contribution in [0.5, 0.6) is 0 Å². The molecule has 3 aromatic rings. The summed E-state index contributed by atoms with van der Waals surface area (Å²) in [5.41, 5.74) is 0.830. The average molecular weight is 362 g/mol. The average Bonchev–Trinajstić information content (AvgIpc) is 3.00. The van der Waals surface area contributed by atoms with E-state index in [1.807, 2.05) is 0 Å². The fourth-order valence-corrected chi connectivity index (χ4v) is 2.23. The summed E-state index contributed by atoms with van der Waals surface area (Å²) in [4.78, 5) is 27.9. The number of anilines is 1. The van der Waals surface area contributed by atoms with Gasteiger partial charge in [-0.1, -0.05) is 0 Å². The summed E-state index contributed by atoms with van der Waals surface area (Å²) in [6.45, 7) is 1.71. The van der Waals surface area contributed by atoms with E-state index in [0.717, 1.165) is 18.3 Å². The Bertz CT molecular complexity index is 949. The molecule has 0 aliphatic rings. The minimum absolute atomic E-state index is 0.107. The maximum atomic E-state index is 12.5. The Labute approximate surface area is 146 Å². The maximum Gasteiger partial charge on any atom is 0.433 e. The number of carbonyl (C=O) groups is 1. The number of nitrogens with one attached hydrogen (secondary N) is 1. The summed E-state index contributed by atoms with van der Waals surface area (Å²) in [5.74, 6) is -0.764. The zero-order valence-electron chi connectivity index (χ0n) is 13.7. The van der Waals surface area contributed by atoms with Crippen molar-refractivity contribution in [2.75, 3.05) is 5.32 Å². The molecule has 3 heterocycles. The first-order valence-electron chi connectivity index (χ1n) is 7.41. The quantitative estimate of drug-likeness (QED) is 0.774. The molecule has 0 aromatic carbocycles. The van der Waals surface area contributed by atoms with Gasteiger partial charge < -0.3 is 9.88 Å². The van der Waals surface area contributed by atoms with Gasteiger partial charge in [-0.05, 0) is 25.1 Å². The molecular formula is C16H13F3N6O. The van der Waals surface area contributed by atoms with Gasteiger partial charge in [0.2, 0.25) is 5.82 Å². The van der Waals surface area contributed by atoms with Crippen LogP contribution in [-0.4, -0.2) is 30.4 Å². The minimum Gasteiger partial charge on any atom is -0.332 e. The van der Waals surface area contributed by atoms with E-state index in [2.05, 4.69) is 25.3 Å². The SMILES string of the molecule is Cc1cc(-c2cncn2C)nc(C(=O)Nc2ccc(C(F)(F)F)nc2)n1. The van der Waals surface area contributed by atoms with Crippen LogP contribution in [0.1, 0.15) is 22.0 Å². The summed E-state index contributed by atoms with van der Waals surface area (Å²) in [6, 6.07) is 3.60. The van der Waals surface area contributed by atoms with Crippen molar-refractivity contribution in [3.63, 3.8) is 0 Å². The third-order valence-electron chi connectivity index (χ3n) is 3.45. The number of rotatable bonds is 3. The van der Waals surface area contributed by atoms with Crippen LogP contribution in [-0.2, 0) is 13.2 Å². The Hall–Kier alpha value is -3.30. The highest BCUT2D eigenvalue weighted by Gasteiger charge is 2.32. The van der Waals surface area contributed by atoms with E-state index in [0.29, 0.717) is 17.1 Å². The van der Waals surface area contributed by atoms with Crippen LogP contribution in [0.4, 0.5) is 18.9 Å². The van der Waals surface area contributed by atoms with Crippen LogP contribution in [0.2, 0.25) is 0 Å². The lowest BCUT2D eigenvalue weighted by molar-refractivity contribution is -0.141. The topological polar surface area (TPSA) is 85.6 Å². The first-order chi connectivity index (χ1) is 12.2. The van der Waals surface area contributed by atoms with E-state index < -0.39 is 17.8 Å². The van der Waals surface area contributed by atoms with Crippen molar-refractivity contribution in [2.24, 2.45) is 7.05 Å². The Morgan fingerprint density at radius 1 is 1.19 bits per heavy atom. The molecule has 0 radical (unpaired) electrons. The van der Waals surface area contributed by atoms with Gasteiger partial charge in [0.25, 0.3) is 5.91 Å². The highest BCUT2D eigenvalue weighted by atomic mass is 19.4. The Morgan fingerprint density at radius 2 is 1.96 bits per heavy atom. The Morgan fingerprint density at radius 3 is 2.54 bits per heavy atom. The van der Waals surface area contributed by atoms with Crippen LogP contribution in [0, 0.1) is 6.92 Å². The van der Waals surface area contributed by atoms with Gasteiger partial charge in [0.05, 0.1) is 35.8 Å². The highest BCUT2D eigenvalue weighted by Crippen LogP contribution is 2.27.